The van der Waals surface area contributed by atoms with Gasteiger partial charge in [-0.3, -0.25) is 0 Å². The first kappa shape index (κ1) is 10.3. The lowest BCUT2D eigenvalue weighted by Gasteiger charge is -2.03. The molecule has 3 heteroatoms. The van der Waals surface area contributed by atoms with Crippen LogP contribution in [0.15, 0.2) is 29.8 Å². The molecule has 80 valence electrons. The van der Waals surface area contributed by atoms with Gasteiger partial charge in [0.1, 0.15) is 11.6 Å². The van der Waals surface area contributed by atoms with E-state index in [4.69, 9.17) is 5.73 Å². The molecule has 0 aliphatic heterocycles. The maximum Gasteiger partial charge on any atom is 0.129 e. The molecular weight excluding hydrogens is 196 g/mol. The van der Waals surface area contributed by atoms with Crippen LogP contribution in [0.2, 0.25) is 0 Å². The number of benzene rings is 1. The van der Waals surface area contributed by atoms with Gasteiger partial charge in [-0.05, 0) is 30.9 Å². The molecule has 0 aromatic heterocycles. The zero-order valence-corrected chi connectivity index (χ0v) is 8.34. The molecule has 0 saturated carbocycles. The molecule has 0 bridgehead atoms. The molecule has 0 heterocycles. The lowest BCUT2D eigenvalue weighted by Crippen LogP contribution is -2.11. The van der Waals surface area contributed by atoms with Crippen LogP contribution in [0.5, 0.6) is 0 Å². The molecule has 1 aromatic rings. The summed E-state index contributed by atoms with van der Waals surface area (Å²) in [6.45, 7) is 0. The zero-order chi connectivity index (χ0) is 10.8. The quantitative estimate of drug-likeness (QED) is 0.744. The van der Waals surface area contributed by atoms with Crippen LogP contribution in [0, 0.1) is 11.6 Å². The van der Waals surface area contributed by atoms with E-state index in [-0.39, 0.29) is 6.04 Å². The highest BCUT2D eigenvalue weighted by Crippen LogP contribution is 2.22. The maximum atomic E-state index is 13.3. The largest absolute Gasteiger partial charge is 0.324 e. The van der Waals surface area contributed by atoms with Crippen molar-refractivity contribution in [2.45, 2.75) is 25.3 Å². The molecule has 1 atom stereocenters. The van der Waals surface area contributed by atoms with Crippen molar-refractivity contribution in [2.24, 2.45) is 5.73 Å². The van der Waals surface area contributed by atoms with Crippen LogP contribution in [0.3, 0.4) is 0 Å². The average Bonchev–Trinajstić information content (AvgIpc) is 2.56. The van der Waals surface area contributed by atoms with Gasteiger partial charge in [0, 0.05) is 12.1 Å². The van der Waals surface area contributed by atoms with Gasteiger partial charge in [0.15, 0.2) is 0 Å². The van der Waals surface area contributed by atoms with E-state index >= 15 is 0 Å². The number of nitrogens with two attached hydrogens (primary N) is 1. The van der Waals surface area contributed by atoms with Crippen LogP contribution in [-0.4, -0.2) is 6.04 Å². The highest BCUT2D eigenvalue weighted by molar-refractivity contribution is 5.26. The van der Waals surface area contributed by atoms with Crippen LogP contribution >= 0.6 is 0 Å². The van der Waals surface area contributed by atoms with Crippen LogP contribution in [0.1, 0.15) is 18.4 Å². The van der Waals surface area contributed by atoms with Gasteiger partial charge in [-0.2, -0.15) is 0 Å². The minimum atomic E-state index is -0.534. The molecule has 2 N–H and O–H groups in total. The van der Waals surface area contributed by atoms with Gasteiger partial charge in [0.25, 0.3) is 0 Å². The Morgan fingerprint density at radius 3 is 2.73 bits per heavy atom. The molecule has 1 aromatic carbocycles. The summed E-state index contributed by atoms with van der Waals surface area (Å²) in [6, 6.07) is 3.80. The number of hydrogen-bond donors (Lipinski definition) is 1. The Morgan fingerprint density at radius 2 is 2.13 bits per heavy atom. The first-order valence-electron chi connectivity index (χ1n) is 5.04. The number of hydrogen-bond acceptors (Lipinski definition) is 1. The Bertz CT molecular complexity index is 399. The topological polar surface area (TPSA) is 26.0 Å². The Hall–Kier alpha value is -1.22. The third kappa shape index (κ3) is 2.42. The number of allylic oxidation sites excluding steroid dienone is 1. The lowest BCUT2D eigenvalue weighted by molar-refractivity contribution is 0.574. The fourth-order valence-corrected chi connectivity index (χ4v) is 1.88. The van der Waals surface area contributed by atoms with Gasteiger partial charge in [-0.15, -0.1) is 0 Å². The van der Waals surface area contributed by atoms with Crippen molar-refractivity contribution in [3.05, 3.63) is 47.0 Å². The molecule has 1 unspecified atom stereocenters. The molecule has 0 fully saturated rings. The SMILES string of the molecule is NC1C=C(Cc2ccc(F)cc2F)CC1. The molecule has 0 radical (unpaired) electrons. The molecule has 2 rings (SSSR count). The van der Waals surface area contributed by atoms with Gasteiger partial charge in [-0.25, -0.2) is 8.78 Å². The third-order valence-electron chi connectivity index (χ3n) is 2.68. The predicted molar refractivity (Wildman–Crippen MR) is 55.4 cm³/mol. The van der Waals surface area contributed by atoms with Gasteiger partial charge < -0.3 is 5.73 Å². The second-order valence-electron chi connectivity index (χ2n) is 3.94. The predicted octanol–water partition coefficient (Wildman–Crippen LogP) is 2.55. The molecule has 1 aliphatic rings. The minimum absolute atomic E-state index is 0.100. The lowest BCUT2D eigenvalue weighted by atomic mass is 10.0. The van der Waals surface area contributed by atoms with Crippen molar-refractivity contribution >= 4 is 0 Å². The highest BCUT2D eigenvalue weighted by Gasteiger charge is 2.13. The molecular formula is C12H13F2N. The van der Waals surface area contributed by atoms with Crippen LogP contribution in [0.25, 0.3) is 0 Å². The molecule has 1 nitrogen and oxygen atoms in total. The Balaban J connectivity index is 2.14. The van der Waals surface area contributed by atoms with E-state index in [1.807, 2.05) is 6.08 Å². The summed E-state index contributed by atoms with van der Waals surface area (Å²) in [5, 5.41) is 0. The summed E-state index contributed by atoms with van der Waals surface area (Å²) < 4.78 is 26.0. The third-order valence-corrected chi connectivity index (χ3v) is 2.68. The van der Waals surface area contributed by atoms with Crippen LogP contribution < -0.4 is 5.73 Å². The summed E-state index contributed by atoms with van der Waals surface area (Å²) >= 11 is 0. The van der Waals surface area contributed by atoms with E-state index < -0.39 is 11.6 Å². The molecule has 0 saturated heterocycles. The number of halogens is 2. The summed E-state index contributed by atoms with van der Waals surface area (Å²) in [4.78, 5) is 0. The smallest absolute Gasteiger partial charge is 0.129 e. The summed E-state index contributed by atoms with van der Waals surface area (Å²) in [5.41, 5.74) is 7.40. The highest BCUT2D eigenvalue weighted by atomic mass is 19.1. The van der Waals surface area contributed by atoms with Crippen LogP contribution in [-0.2, 0) is 6.42 Å². The van der Waals surface area contributed by atoms with Gasteiger partial charge in [-0.1, -0.05) is 17.7 Å². The zero-order valence-electron chi connectivity index (χ0n) is 8.34. The minimum Gasteiger partial charge on any atom is -0.324 e. The first-order valence-corrected chi connectivity index (χ1v) is 5.04. The average molecular weight is 209 g/mol. The fourth-order valence-electron chi connectivity index (χ4n) is 1.88. The Morgan fingerprint density at radius 1 is 1.33 bits per heavy atom. The number of rotatable bonds is 2. The van der Waals surface area contributed by atoms with Crippen molar-refractivity contribution in [3.63, 3.8) is 0 Å². The van der Waals surface area contributed by atoms with Gasteiger partial charge >= 0.3 is 0 Å². The molecule has 0 amide bonds. The van der Waals surface area contributed by atoms with E-state index in [0.717, 1.165) is 24.5 Å². The van der Waals surface area contributed by atoms with E-state index in [2.05, 4.69) is 0 Å². The first-order chi connectivity index (χ1) is 7.15. The van der Waals surface area contributed by atoms with E-state index in [0.29, 0.717) is 12.0 Å². The summed E-state index contributed by atoms with van der Waals surface area (Å²) in [6.07, 6.45) is 4.36. The maximum absolute atomic E-state index is 13.3. The fraction of sp³-hybridized carbons (Fsp3) is 0.333. The van der Waals surface area contributed by atoms with Gasteiger partial charge in [0.05, 0.1) is 0 Å². The molecule has 0 spiro atoms. The Labute approximate surface area is 87.6 Å². The van der Waals surface area contributed by atoms with Crippen molar-refractivity contribution in [1.29, 1.82) is 0 Å². The standard InChI is InChI=1S/C12H13F2N/c13-10-3-2-9(12(14)7-10)5-8-1-4-11(15)6-8/h2-3,6-7,11H,1,4-5,15H2. The molecule has 1 aliphatic carbocycles. The van der Waals surface area contributed by atoms with E-state index in [9.17, 15) is 8.78 Å². The monoisotopic (exact) mass is 209 g/mol. The van der Waals surface area contributed by atoms with Gasteiger partial charge in [0.2, 0.25) is 0 Å². The van der Waals surface area contributed by atoms with E-state index in [1.54, 1.807) is 0 Å². The summed E-state index contributed by atoms with van der Waals surface area (Å²) in [5.74, 6) is -1.01. The second kappa shape index (κ2) is 4.11. The van der Waals surface area contributed by atoms with Crippen molar-refractivity contribution in [3.8, 4) is 0 Å². The van der Waals surface area contributed by atoms with E-state index in [1.165, 1.54) is 12.1 Å². The van der Waals surface area contributed by atoms with Crippen molar-refractivity contribution in [1.82, 2.24) is 0 Å². The van der Waals surface area contributed by atoms with Crippen molar-refractivity contribution < 1.29 is 8.78 Å². The normalized spacial score (nSPS) is 20.5. The molecule has 15 heavy (non-hydrogen) atoms. The Kier molecular flexibility index (Phi) is 2.82. The summed E-state index contributed by atoms with van der Waals surface area (Å²) in [7, 11) is 0. The second-order valence-corrected chi connectivity index (χ2v) is 3.94. The van der Waals surface area contributed by atoms with Crippen molar-refractivity contribution in [2.75, 3.05) is 0 Å². The van der Waals surface area contributed by atoms with Crippen LogP contribution in [0.4, 0.5) is 8.78 Å².